The molecule has 1 amide bonds. The maximum Gasteiger partial charge on any atom is 0.516 e. The summed E-state index contributed by atoms with van der Waals surface area (Å²) >= 11 is 0. The highest BCUT2D eigenvalue weighted by molar-refractivity contribution is 7.93. The number of carbonyl (C=O) groups is 2. The van der Waals surface area contributed by atoms with Gasteiger partial charge in [-0.2, -0.15) is 21.6 Å². The van der Waals surface area contributed by atoms with Crippen LogP contribution in [-0.4, -0.2) is 46.1 Å². The van der Waals surface area contributed by atoms with E-state index in [0.717, 1.165) is 9.29 Å². The van der Waals surface area contributed by atoms with Crippen molar-refractivity contribution in [1.82, 2.24) is 14.5 Å². The van der Waals surface area contributed by atoms with E-state index < -0.39 is 74.0 Å². The Morgan fingerprint density at radius 1 is 0.977 bits per heavy atom. The molecule has 0 radical (unpaired) electrons. The van der Waals surface area contributed by atoms with Crippen molar-refractivity contribution in [3.63, 3.8) is 0 Å². The van der Waals surface area contributed by atoms with Gasteiger partial charge < -0.3 is 15.0 Å². The number of carboxylic acids is 1. The Labute approximate surface area is 237 Å². The number of alkyl halides is 3. The van der Waals surface area contributed by atoms with Gasteiger partial charge in [-0.3, -0.25) is 14.3 Å². The summed E-state index contributed by atoms with van der Waals surface area (Å²) in [5, 5.41) is 12.5. The molecule has 0 saturated heterocycles. The van der Waals surface area contributed by atoms with Gasteiger partial charge in [-0.05, 0) is 29.1 Å². The summed E-state index contributed by atoms with van der Waals surface area (Å²) in [6, 6.07) is 8.76. The van der Waals surface area contributed by atoms with Gasteiger partial charge in [-0.15, -0.1) is 0 Å². The van der Waals surface area contributed by atoms with E-state index in [0.29, 0.717) is 16.3 Å². The number of aryl methyl sites for hydroxylation is 1. The molecule has 4 rings (SSSR count). The fraction of sp³-hybridized carbons (Fsp3) is 0.154. The molecule has 3 N–H and O–H groups in total. The summed E-state index contributed by atoms with van der Waals surface area (Å²) in [4.78, 5) is 49.9. The first-order valence-electron chi connectivity index (χ1n) is 11.9. The molecule has 0 aliphatic heterocycles. The Balaban J connectivity index is 1.67. The molecule has 0 aliphatic rings. The Hall–Kier alpha value is -5.06. The second-order valence-electron chi connectivity index (χ2n) is 9.11. The van der Waals surface area contributed by atoms with Crippen LogP contribution in [0.2, 0.25) is 0 Å². The molecule has 0 unspecified atom stereocenters. The quantitative estimate of drug-likeness (QED) is 0.254. The summed E-state index contributed by atoms with van der Waals surface area (Å²) in [7, 11) is -4.59. The number of rotatable bonds is 8. The van der Waals surface area contributed by atoms with Crippen molar-refractivity contribution in [2.45, 2.75) is 18.0 Å². The first-order chi connectivity index (χ1) is 20.0. The Morgan fingerprint density at radius 2 is 1.58 bits per heavy atom. The van der Waals surface area contributed by atoms with Crippen LogP contribution >= 0.6 is 0 Å². The molecule has 4 aromatic rings. The van der Waals surface area contributed by atoms with Gasteiger partial charge in [0.1, 0.15) is 23.2 Å². The zero-order valence-electron chi connectivity index (χ0n) is 21.6. The van der Waals surface area contributed by atoms with Crippen LogP contribution in [0.25, 0.3) is 16.5 Å². The van der Waals surface area contributed by atoms with Gasteiger partial charge in [-0.25, -0.2) is 22.9 Å². The largest absolute Gasteiger partial charge is 0.516 e. The summed E-state index contributed by atoms with van der Waals surface area (Å²) in [5.74, 6) is -6.75. The lowest BCUT2D eigenvalue weighted by atomic mass is 9.97. The molecule has 3 aromatic carbocycles. The third-order valence-electron chi connectivity index (χ3n) is 6.24. The third kappa shape index (κ3) is 6.11. The molecule has 1 heterocycles. The number of anilines is 1. The SMILES string of the molecule is Cn1ccc(=O)n(-c2cccc3c(C[C@H](NC(=O)c4c(F)cc(NS(=O)(=O)C(F)(F)F)cc4F)C(=O)O)cccc23)c1=O. The minimum atomic E-state index is -6.03. The van der Waals surface area contributed by atoms with E-state index in [1.165, 1.54) is 48.1 Å². The predicted molar refractivity (Wildman–Crippen MR) is 142 cm³/mol. The standard InChI is InChI=1S/C26H19F5N4O7S/c1-34-9-8-21(36)35(25(34)40)20-7-3-5-15-13(4-2-6-16(15)20)10-19(24(38)39)32-23(37)22-17(27)11-14(12-18(22)28)33-43(41,42)26(29,30)31/h2-9,11-12,19,33H,10H2,1H3,(H,32,37)(H,38,39)/t19-/m0/s1. The fourth-order valence-electron chi connectivity index (χ4n) is 4.23. The minimum Gasteiger partial charge on any atom is -0.480 e. The number of carboxylic acid groups (broad SMARTS) is 1. The van der Waals surface area contributed by atoms with Crippen molar-refractivity contribution >= 4 is 38.4 Å². The van der Waals surface area contributed by atoms with Gasteiger partial charge >= 0.3 is 27.2 Å². The maximum atomic E-state index is 14.6. The normalized spacial score (nSPS) is 12.6. The Bertz CT molecular complexity index is 1980. The number of nitrogens with zero attached hydrogens (tertiary/aromatic N) is 2. The van der Waals surface area contributed by atoms with E-state index in [2.05, 4.69) is 0 Å². The smallest absolute Gasteiger partial charge is 0.480 e. The second-order valence-corrected chi connectivity index (χ2v) is 10.8. The van der Waals surface area contributed by atoms with Crippen LogP contribution in [0.4, 0.5) is 27.6 Å². The van der Waals surface area contributed by atoms with Crippen LogP contribution in [-0.2, 0) is 28.3 Å². The molecule has 11 nitrogen and oxygen atoms in total. The van der Waals surface area contributed by atoms with E-state index in [9.17, 15) is 54.7 Å². The number of aromatic nitrogens is 2. The van der Waals surface area contributed by atoms with E-state index in [-0.39, 0.29) is 17.8 Å². The molecule has 0 aliphatic carbocycles. The molecule has 0 saturated carbocycles. The summed E-state index contributed by atoms with van der Waals surface area (Å²) in [6.07, 6.45) is 0.842. The van der Waals surface area contributed by atoms with Gasteiger partial charge in [0, 0.05) is 31.1 Å². The number of aliphatic carboxylic acids is 1. The number of nitrogens with one attached hydrogen (secondary N) is 2. The third-order valence-corrected chi connectivity index (χ3v) is 7.35. The average Bonchev–Trinajstić information content (AvgIpc) is 2.89. The number of halogens is 5. The lowest BCUT2D eigenvalue weighted by Crippen LogP contribution is -2.43. The molecular formula is C26H19F5N4O7S. The predicted octanol–water partition coefficient (Wildman–Crippen LogP) is 2.65. The van der Waals surface area contributed by atoms with E-state index in [1.807, 2.05) is 5.32 Å². The molecule has 1 atom stereocenters. The molecule has 0 spiro atoms. The van der Waals surface area contributed by atoms with Crippen LogP contribution in [0.1, 0.15) is 15.9 Å². The van der Waals surface area contributed by atoms with E-state index in [4.69, 9.17) is 0 Å². The number of sulfonamides is 1. The number of carbonyl (C=O) groups excluding carboxylic acids is 1. The van der Waals surface area contributed by atoms with Crippen molar-refractivity contribution in [3.8, 4) is 5.69 Å². The van der Waals surface area contributed by atoms with Crippen LogP contribution in [0.15, 0.2) is 70.4 Å². The summed E-state index contributed by atoms with van der Waals surface area (Å²) in [5.41, 5.74) is -9.13. The lowest BCUT2D eigenvalue weighted by molar-refractivity contribution is -0.139. The van der Waals surface area contributed by atoms with Crippen molar-refractivity contribution in [1.29, 1.82) is 0 Å². The molecule has 1 aromatic heterocycles. The highest BCUT2D eigenvalue weighted by atomic mass is 32.2. The molecule has 0 fully saturated rings. The van der Waals surface area contributed by atoms with Crippen molar-refractivity contribution in [2.75, 3.05) is 4.72 Å². The van der Waals surface area contributed by atoms with Gasteiger partial charge in [0.15, 0.2) is 0 Å². The number of fused-ring (bicyclic) bond motifs is 1. The Kier molecular flexibility index (Phi) is 8.13. The molecular weight excluding hydrogens is 607 g/mol. The minimum absolute atomic E-state index is 0.124. The zero-order valence-corrected chi connectivity index (χ0v) is 22.5. The van der Waals surface area contributed by atoms with Crippen LogP contribution in [0.5, 0.6) is 0 Å². The Morgan fingerprint density at radius 3 is 2.19 bits per heavy atom. The van der Waals surface area contributed by atoms with Gasteiger partial charge in [0.05, 0.1) is 11.4 Å². The summed E-state index contributed by atoms with van der Waals surface area (Å²) < 4.78 is 92.5. The first kappa shape index (κ1) is 30.9. The number of hydrogen-bond donors (Lipinski definition) is 3. The van der Waals surface area contributed by atoms with Gasteiger partial charge in [0.2, 0.25) is 0 Å². The van der Waals surface area contributed by atoms with Crippen molar-refractivity contribution < 1.29 is 45.1 Å². The average molecular weight is 627 g/mol. The van der Waals surface area contributed by atoms with Crippen molar-refractivity contribution in [3.05, 3.63) is 104 Å². The lowest BCUT2D eigenvalue weighted by Gasteiger charge is -2.18. The molecule has 0 bridgehead atoms. The number of hydrogen-bond acceptors (Lipinski definition) is 6. The zero-order chi connectivity index (χ0) is 31.9. The maximum absolute atomic E-state index is 14.6. The van der Waals surface area contributed by atoms with Crippen LogP contribution in [0.3, 0.4) is 0 Å². The summed E-state index contributed by atoms with van der Waals surface area (Å²) in [6.45, 7) is 0. The molecule has 43 heavy (non-hydrogen) atoms. The van der Waals surface area contributed by atoms with Crippen molar-refractivity contribution in [2.24, 2.45) is 7.05 Å². The fourth-order valence-corrected chi connectivity index (χ4v) is 4.78. The first-order valence-corrected chi connectivity index (χ1v) is 13.4. The number of amides is 1. The van der Waals surface area contributed by atoms with Gasteiger partial charge in [-0.1, -0.05) is 30.3 Å². The highest BCUT2D eigenvalue weighted by Crippen LogP contribution is 2.28. The van der Waals surface area contributed by atoms with E-state index >= 15 is 0 Å². The molecule has 226 valence electrons. The van der Waals surface area contributed by atoms with E-state index in [1.54, 1.807) is 12.1 Å². The monoisotopic (exact) mass is 626 g/mol. The van der Waals surface area contributed by atoms with Crippen LogP contribution < -0.4 is 21.3 Å². The molecule has 17 heteroatoms. The van der Waals surface area contributed by atoms with Gasteiger partial charge in [0.25, 0.3) is 11.5 Å². The highest BCUT2D eigenvalue weighted by Gasteiger charge is 2.46. The topological polar surface area (TPSA) is 157 Å². The number of benzene rings is 3. The van der Waals surface area contributed by atoms with Crippen LogP contribution in [0, 0.1) is 11.6 Å². The second kappa shape index (κ2) is 11.3.